The smallest absolute Gasteiger partial charge is 0 e. The van der Waals surface area contributed by atoms with E-state index in [1.807, 2.05) is 25.1 Å². The molecule has 0 bridgehead atoms. The Labute approximate surface area is 124 Å². The van der Waals surface area contributed by atoms with E-state index in [2.05, 4.69) is 38.7 Å². The van der Waals surface area contributed by atoms with Crippen LogP contribution in [0.1, 0.15) is 18.6 Å². The maximum Gasteiger partial charge on any atom is 0 e. The molecule has 0 aliphatic carbocycles. The van der Waals surface area contributed by atoms with Gasteiger partial charge in [0.05, 0.1) is 12.7 Å². The molecule has 0 spiro atoms. The number of rotatable bonds is 4. The molecule has 4 nitrogen and oxygen atoms in total. The zero-order valence-corrected chi connectivity index (χ0v) is 11.8. The second-order valence-corrected chi connectivity index (χ2v) is 2.67. The van der Waals surface area contributed by atoms with Crippen LogP contribution >= 0.6 is 0 Å². The fraction of sp³-hybridized carbons (Fsp3) is 0.214. The van der Waals surface area contributed by atoms with E-state index in [1.165, 1.54) is 5.56 Å². The standard InChI is InChI=1S/C11H14O.3CO.Cr/c1-3-9-12-10(2)11-7-5-4-6-8-11;3*1-2;/h3-8,10H,1,9H2,2H3;;;;. The molecule has 1 atom stereocenters. The van der Waals surface area contributed by atoms with Crippen LogP contribution in [0.5, 0.6) is 0 Å². The molecule has 0 aliphatic heterocycles. The normalized spacial score (nSPS) is 8.16. The molecular formula is C14H14CrO4. The van der Waals surface area contributed by atoms with Gasteiger partial charge in [-0.3, -0.25) is 0 Å². The molecule has 5 heteroatoms. The summed E-state index contributed by atoms with van der Waals surface area (Å²) in [5.41, 5.74) is 1.21. The summed E-state index contributed by atoms with van der Waals surface area (Å²) in [6.07, 6.45) is 1.92. The van der Waals surface area contributed by atoms with Crippen molar-refractivity contribution in [3.8, 4) is 0 Å². The van der Waals surface area contributed by atoms with Crippen LogP contribution in [-0.4, -0.2) is 6.61 Å². The van der Waals surface area contributed by atoms with E-state index in [0.29, 0.717) is 6.61 Å². The van der Waals surface area contributed by atoms with E-state index in [-0.39, 0.29) is 23.5 Å². The number of hydrogen-bond acceptors (Lipinski definition) is 1. The largest absolute Gasteiger partial charge is 0 e. The van der Waals surface area contributed by atoms with Gasteiger partial charge in [0.2, 0.25) is 0 Å². The molecule has 1 aromatic carbocycles. The molecule has 0 heterocycles. The number of benzene rings is 1. The second kappa shape index (κ2) is 25.5. The van der Waals surface area contributed by atoms with Crippen LogP contribution in [0.3, 0.4) is 0 Å². The average molecular weight is 298 g/mol. The fourth-order valence-corrected chi connectivity index (χ4v) is 1.03. The number of hydrogen-bond donors (Lipinski definition) is 0. The maximum atomic E-state index is 7.50. The molecule has 0 saturated carbocycles. The molecule has 0 aromatic heterocycles. The zero-order chi connectivity index (χ0) is 14.8. The van der Waals surface area contributed by atoms with Crippen LogP contribution in [0.15, 0.2) is 43.0 Å². The van der Waals surface area contributed by atoms with Crippen LogP contribution in [0.25, 0.3) is 0 Å². The SMILES string of the molecule is C=CCOC(C)c1ccccc1.[C-]#[O+].[C-]#[O+].[C-]#[O+].[Cr]. The van der Waals surface area contributed by atoms with Gasteiger partial charge in [0.25, 0.3) is 0 Å². The van der Waals surface area contributed by atoms with Crippen molar-refractivity contribution in [2.45, 2.75) is 13.0 Å². The molecule has 0 radical (unpaired) electrons. The summed E-state index contributed by atoms with van der Waals surface area (Å²) in [6, 6.07) is 10.2. The van der Waals surface area contributed by atoms with Crippen molar-refractivity contribution in [1.82, 2.24) is 0 Å². The Morgan fingerprint density at radius 2 is 1.53 bits per heavy atom. The minimum absolute atomic E-state index is 0. The monoisotopic (exact) mass is 298 g/mol. The van der Waals surface area contributed by atoms with E-state index in [0.717, 1.165) is 0 Å². The molecule has 0 saturated heterocycles. The minimum atomic E-state index is 0. The fourth-order valence-electron chi connectivity index (χ4n) is 1.03. The summed E-state index contributed by atoms with van der Waals surface area (Å²) < 4.78 is 28.0. The van der Waals surface area contributed by atoms with Crippen molar-refractivity contribution >= 4 is 0 Å². The maximum absolute atomic E-state index is 7.50. The van der Waals surface area contributed by atoms with Crippen molar-refractivity contribution in [2.24, 2.45) is 0 Å². The van der Waals surface area contributed by atoms with Crippen LogP contribution in [0.2, 0.25) is 0 Å². The van der Waals surface area contributed by atoms with Crippen LogP contribution in [0.4, 0.5) is 0 Å². The molecule has 0 aliphatic rings. The first kappa shape index (κ1) is 26.3. The molecular weight excluding hydrogens is 284 g/mol. The van der Waals surface area contributed by atoms with Gasteiger partial charge < -0.3 is 4.74 Å². The van der Waals surface area contributed by atoms with Gasteiger partial charge in [0.1, 0.15) is 0 Å². The van der Waals surface area contributed by atoms with Gasteiger partial charge in [-0.05, 0) is 12.5 Å². The summed E-state index contributed by atoms with van der Waals surface area (Å²) in [4.78, 5) is 0. The Kier molecular flexibility index (Phi) is 35.3. The Hall–Kier alpha value is -1.33. The van der Waals surface area contributed by atoms with Crippen LogP contribution < -0.4 is 0 Å². The molecule has 19 heavy (non-hydrogen) atoms. The predicted octanol–water partition coefficient (Wildman–Crippen LogP) is 2.84. The van der Waals surface area contributed by atoms with Crippen molar-refractivity contribution < 1.29 is 36.1 Å². The summed E-state index contributed by atoms with van der Waals surface area (Å²) >= 11 is 0. The van der Waals surface area contributed by atoms with Crippen LogP contribution in [0, 0.1) is 20.0 Å². The molecule has 100 valence electrons. The summed E-state index contributed by atoms with van der Waals surface area (Å²) in [5.74, 6) is 0. The minimum Gasteiger partial charge on any atom is 0 e. The van der Waals surface area contributed by atoms with E-state index < -0.39 is 0 Å². The van der Waals surface area contributed by atoms with E-state index >= 15 is 0 Å². The third kappa shape index (κ3) is 16.7. The summed E-state index contributed by atoms with van der Waals surface area (Å²) in [5, 5.41) is 0. The predicted molar refractivity (Wildman–Crippen MR) is 62.8 cm³/mol. The van der Waals surface area contributed by atoms with Gasteiger partial charge in [-0.25, -0.2) is 0 Å². The summed E-state index contributed by atoms with van der Waals surface area (Å²) in [7, 11) is 0. The first-order chi connectivity index (χ1) is 8.84. The first-order valence-corrected chi connectivity index (χ1v) is 4.73. The molecule has 1 unspecified atom stereocenters. The van der Waals surface area contributed by atoms with Crippen molar-refractivity contribution in [3.05, 3.63) is 68.5 Å². The molecule has 0 fully saturated rings. The van der Waals surface area contributed by atoms with Crippen LogP contribution in [-0.2, 0) is 36.1 Å². The Balaban J connectivity index is -0.000000142. The molecule has 1 aromatic rings. The Bertz CT molecular complexity index is 329. The van der Waals surface area contributed by atoms with Crippen molar-refractivity contribution in [2.75, 3.05) is 6.61 Å². The van der Waals surface area contributed by atoms with Gasteiger partial charge in [-0.1, -0.05) is 36.4 Å². The molecule has 0 amide bonds. The van der Waals surface area contributed by atoms with E-state index in [9.17, 15) is 0 Å². The number of ether oxygens (including phenoxy) is 1. The third-order valence-electron chi connectivity index (χ3n) is 1.73. The van der Waals surface area contributed by atoms with Gasteiger partial charge >= 0.3 is 33.9 Å². The average Bonchev–Trinajstić information content (AvgIpc) is 2.51. The molecule has 0 N–H and O–H groups in total. The van der Waals surface area contributed by atoms with Gasteiger partial charge in [-0.2, -0.15) is 0 Å². The quantitative estimate of drug-likeness (QED) is 0.478. The van der Waals surface area contributed by atoms with Gasteiger partial charge in [0, 0.05) is 17.4 Å². The van der Waals surface area contributed by atoms with Gasteiger partial charge in [-0.15, -0.1) is 6.58 Å². The van der Waals surface area contributed by atoms with E-state index in [4.69, 9.17) is 18.7 Å². The second-order valence-electron chi connectivity index (χ2n) is 2.67. The third-order valence-corrected chi connectivity index (χ3v) is 1.73. The first-order valence-electron chi connectivity index (χ1n) is 4.73. The molecule has 1 rings (SSSR count). The topological polar surface area (TPSA) is 68.9 Å². The Morgan fingerprint density at radius 1 is 1.11 bits per heavy atom. The van der Waals surface area contributed by atoms with E-state index in [1.54, 1.807) is 6.08 Å². The summed E-state index contributed by atoms with van der Waals surface area (Å²) in [6.45, 7) is 19.7. The Morgan fingerprint density at radius 3 is 1.89 bits per heavy atom. The van der Waals surface area contributed by atoms with Gasteiger partial charge in [0.15, 0.2) is 0 Å². The zero-order valence-electron chi connectivity index (χ0n) is 10.5. The van der Waals surface area contributed by atoms with Crippen molar-refractivity contribution in [3.63, 3.8) is 0 Å². The van der Waals surface area contributed by atoms with Crippen molar-refractivity contribution in [1.29, 1.82) is 0 Å².